The number of amidine groups is 1. The fraction of sp³-hybridized carbons (Fsp3) is 0. The van der Waals surface area contributed by atoms with Crippen molar-refractivity contribution in [3.05, 3.63) is 64.1 Å². The van der Waals surface area contributed by atoms with Crippen molar-refractivity contribution in [2.75, 3.05) is 0 Å². The van der Waals surface area contributed by atoms with Gasteiger partial charge in [-0.3, -0.25) is 10.0 Å². The van der Waals surface area contributed by atoms with Crippen molar-refractivity contribution >= 4 is 40.5 Å². The summed E-state index contributed by atoms with van der Waals surface area (Å²) in [5.74, 6) is -0.631. The van der Waals surface area contributed by atoms with E-state index in [0.717, 1.165) is 0 Å². The van der Waals surface area contributed by atoms with Crippen LogP contribution < -0.4 is 5.48 Å². The maximum Gasteiger partial charge on any atom is 0.230 e. The molecule has 0 radical (unpaired) electrons. The van der Waals surface area contributed by atoms with Crippen LogP contribution in [0.2, 0.25) is 10.0 Å². The molecule has 0 fully saturated rings. The predicted octanol–water partition coefficient (Wildman–Crippen LogP) is 3.89. The average Bonchev–Trinajstić information content (AvgIpc) is 2.48. The minimum atomic E-state index is -0.431. The second kappa shape index (κ2) is 6.52. The van der Waals surface area contributed by atoms with Crippen LogP contribution in [0.5, 0.6) is 0 Å². The Labute approximate surface area is 125 Å². The Bertz CT molecular complexity index is 657. The lowest BCUT2D eigenvalue weighted by molar-refractivity contribution is 0.104. The fourth-order valence-electron chi connectivity index (χ4n) is 1.54. The minimum absolute atomic E-state index is 0.199. The van der Waals surface area contributed by atoms with Crippen LogP contribution in [-0.2, 0) is 0 Å². The lowest BCUT2D eigenvalue weighted by Gasteiger charge is -2.04. The molecule has 0 spiro atoms. The Morgan fingerprint density at radius 3 is 2.35 bits per heavy atom. The van der Waals surface area contributed by atoms with Gasteiger partial charge in [-0.25, -0.2) is 10.5 Å². The third kappa shape index (κ3) is 3.36. The first-order chi connectivity index (χ1) is 9.61. The van der Waals surface area contributed by atoms with Gasteiger partial charge in [-0.1, -0.05) is 53.5 Å². The van der Waals surface area contributed by atoms with Crippen LogP contribution in [0.25, 0.3) is 0 Å². The van der Waals surface area contributed by atoms with E-state index < -0.39 is 5.78 Å². The molecule has 0 unspecified atom stereocenters. The van der Waals surface area contributed by atoms with Crippen molar-refractivity contribution in [2.24, 2.45) is 4.99 Å². The Balaban J connectivity index is 2.34. The van der Waals surface area contributed by atoms with Crippen LogP contribution in [0.4, 0.5) is 5.69 Å². The Hall–Kier alpha value is -1.88. The van der Waals surface area contributed by atoms with Crippen LogP contribution in [0.15, 0.2) is 53.5 Å². The molecule has 0 aliphatic rings. The first-order valence-electron chi connectivity index (χ1n) is 5.65. The number of hydrogen-bond donors (Lipinski definition) is 2. The normalized spacial score (nSPS) is 11.2. The van der Waals surface area contributed by atoms with Gasteiger partial charge in [0.2, 0.25) is 5.78 Å². The van der Waals surface area contributed by atoms with Gasteiger partial charge in [0.15, 0.2) is 5.84 Å². The lowest BCUT2D eigenvalue weighted by atomic mass is 10.1. The average molecular weight is 309 g/mol. The van der Waals surface area contributed by atoms with E-state index in [1.165, 1.54) is 6.07 Å². The van der Waals surface area contributed by atoms with Gasteiger partial charge in [0.1, 0.15) is 0 Å². The summed E-state index contributed by atoms with van der Waals surface area (Å²) in [6.07, 6.45) is 0. The smallest absolute Gasteiger partial charge is 0.230 e. The topological polar surface area (TPSA) is 61.7 Å². The molecular formula is C14H10Cl2N2O2. The van der Waals surface area contributed by atoms with Crippen molar-refractivity contribution in [3.8, 4) is 0 Å². The van der Waals surface area contributed by atoms with E-state index in [4.69, 9.17) is 28.4 Å². The standard InChI is InChI=1S/C14H10Cl2N2O2/c15-11-7-6-10(8-12(11)16)17-14(18-20)13(19)9-4-2-1-3-5-9/h1-8,20H,(H,17,18). The molecule has 0 saturated carbocycles. The van der Waals surface area contributed by atoms with E-state index in [1.807, 2.05) is 5.48 Å². The zero-order chi connectivity index (χ0) is 14.5. The number of hydroxylamine groups is 1. The number of aliphatic imine (C=N–C) groups is 1. The van der Waals surface area contributed by atoms with Crippen molar-refractivity contribution in [1.82, 2.24) is 5.48 Å². The van der Waals surface area contributed by atoms with Crippen molar-refractivity contribution < 1.29 is 10.0 Å². The second-order valence-corrected chi connectivity index (χ2v) is 4.68. The quantitative estimate of drug-likeness (QED) is 0.391. The molecule has 0 aromatic heterocycles. The molecule has 2 aromatic rings. The number of Topliss-reactive ketones (excluding diaryl/α,β-unsaturated/α-hetero) is 1. The first-order valence-corrected chi connectivity index (χ1v) is 6.41. The van der Waals surface area contributed by atoms with Crippen LogP contribution >= 0.6 is 23.2 Å². The summed E-state index contributed by atoms with van der Waals surface area (Å²) >= 11 is 11.7. The number of rotatable bonds is 3. The SMILES string of the molecule is O=C(C(=Nc1ccc(Cl)c(Cl)c1)NO)c1ccccc1. The Kier molecular flexibility index (Phi) is 4.74. The van der Waals surface area contributed by atoms with Crippen molar-refractivity contribution in [2.45, 2.75) is 0 Å². The fourth-order valence-corrected chi connectivity index (χ4v) is 1.83. The first kappa shape index (κ1) is 14.5. The molecule has 102 valence electrons. The number of carbonyl (C=O) groups is 1. The van der Waals surface area contributed by atoms with E-state index >= 15 is 0 Å². The number of nitrogens with zero attached hydrogens (tertiary/aromatic N) is 1. The van der Waals surface area contributed by atoms with Gasteiger partial charge in [-0.2, -0.15) is 0 Å². The lowest BCUT2D eigenvalue weighted by Crippen LogP contribution is -2.28. The molecule has 0 atom stereocenters. The maximum absolute atomic E-state index is 12.1. The van der Waals surface area contributed by atoms with Crippen LogP contribution in [0.1, 0.15) is 10.4 Å². The minimum Gasteiger partial charge on any atom is -0.290 e. The second-order valence-electron chi connectivity index (χ2n) is 3.87. The van der Waals surface area contributed by atoms with E-state index in [9.17, 15) is 4.79 Å². The molecule has 0 bridgehead atoms. The molecular weight excluding hydrogens is 299 g/mol. The molecule has 2 aromatic carbocycles. The summed E-state index contributed by atoms with van der Waals surface area (Å²) < 4.78 is 0. The third-order valence-corrected chi connectivity index (χ3v) is 3.24. The summed E-state index contributed by atoms with van der Waals surface area (Å²) in [6, 6.07) is 13.1. The highest BCUT2D eigenvalue weighted by Gasteiger charge is 2.13. The molecule has 0 aliphatic heterocycles. The van der Waals surface area contributed by atoms with Gasteiger partial charge in [-0.15, -0.1) is 0 Å². The highest BCUT2D eigenvalue weighted by atomic mass is 35.5. The summed E-state index contributed by atoms with van der Waals surface area (Å²) in [5, 5.41) is 9.79. The van der Waals surface area contributed by atoms with Crippen LogP contribution in [-0.4, -0.2) is 16.8 Å². The third-order valence-electron chi connectivity index (χ3n) is 2.50. The highest BCUT2D eigenvalue weighted by Crippen LogP contribution is 2.26. The zero-order valence-corrected chi connectivity index (χ0v) is 11.7. The molecule has 2 N–H and O–H groups in total. The van der Waals surface area contributed by atoms with Gasteiger partial charge in [-0.05, 0) is 18.2 Å². The van der Waals surface area contributed by atoms with E-state index in [2.05, 4.69) is 4.99 Å². The monoisotopic (exact) mass is 308 g/mol. The van der Waals surface area contributed by atoms with Gasteiger partial charge in [0.25, 0.3) is 0 Å². The molecule has 20 heavy (non-hydrogen) atoms. The number of hydrogen-bond acceptors (Lipinski definition) is 3. The predicted molar refractivity (Wildman–Crippen MR) is 79.3 cm³/mol. The number of benzene rings is 2. The van der Waals surface area contributed by atoms with Gasteiger partial charge < -0.3 is 0 Å². The molecule has 4 nitrogen and oxygen atoms in total. The molecule has 0 aliphatic carbocycles. The molecule has 0 heterocycles. The molecule has 6 heteroatoms. The van der Waals surface area contributed by atoms with E-state index in [0.29, 0.717) is 21.3 Å². The van der Waals surface area contributed by atoms with Gasteiger partial charge in [0, 0.05) is 5.56 Å². The van der Waals surface area contributed by atoms with E-state index in [-0.39, 0.29) is 5.84 Å². The van der Waals surface area contributed by atoms with Crippen molar-refractivity contribution in [1.29, 1.82) is 0 Å². The number of nitrogens with one attached hydrogen (secondary N) is 1. The Morgan fingerprint density at radius 1 is 1.05 bits per heavy atom. The number of ketones is 1. The zero-order valence-electron chi connectivity index (χ0n) is 10.2. The van der Waals surface area contributed by atoms with E-state index in [1.54, 1.807) is 42.5 Å². The highest BCUT2D eigenvalue weighted by molar-refractivity contribution is 6.45. The summed E-state index contributed by atoms with van der Waals surface area (Å²) in [6.45, 7) is 0. The van der Waals surface area contributed by atoms with Gasteiger partial charge >= 0.3 is 0 Å². The Morgan fingerprint density at radius 2 is 1.75 bits per heavy atom. The van der Waals surface area contributed by atoms with Gasteiger partial charge in [0.05, 0.1) is 15.7 Å². The largest absolute Gasteiger partial charge is 0.290 e. The maximum atomic E-state index is 12.1. The summed E-state index contributed by atoms with van der Waals surface area (Å²) in [7, 11) is 0. The summed E-state index contributed by atoms with van der Waals surface area (Å²) in [4.78, 5) is 16.1. The molecule has 2 rings (SSSR count). The molecule has 0 saturated heterocycles. The summed E-state index contributed by atoms with van der Waals surface area (Å²) in [5.41, 5.74) is 2.62. The van der Waals surface area contributed by atoms with Crippen LogP contribution in [0, 0.1) is 0 Å². The number of halogens is 2. The van der Waals surface area contributed by atoms with Crippen LogP contribution in [0.3, 0.4) is 0 Å². The van der Waals surface area contributed by atoms with Crippen molar-refractivity contribution in [3.63, 3.8) is 0 Å². The molecule has 0 amide bonds. The number of carbonyl (C=O) groups excluding carboxylic acids is 1.